The van der Waals surface area contributed by atoms with E-state index in [1.54, 1.807) is 18.2 Å². The topological polar surface area (TPSA) is 77.5 Å². The van der Waals surface area contributed by atoms with Gasteiger partial charge in [-0.1, -0.05) is 22.9 Å². The normalized spacial score (nSPS) is 10.1. The lowest BCUT2D eigenvalue weighted by atomic mass is 10.2. The maximum Gasteiger partial charge on any atom is 0.349 e. The number of benzene rings is 1. The molecule has 22 heavy (non-hydrogen) atoms. The van der Waals surface area contributed by atoms with Gasteiger partial charge >= 0.3 is 5.97 Å². The van der Waals surface area contributed by atoms with Crippen molar-refractivity contribution < 1.29 is 19.1 Å². The summed E-state index contributed by atoms with van der Waals surface area (Å²) in [5.74, 6) is -0.323. The molecule has 1 aromatic carbocycles. The third-order valence-corrected chi connectivity index (χ3v) is 3.95. The number of hydrogen-bond acceptors (Lipinski definition) is 6. The molecule has 2 rings (SSSR count). The van der Waals surface area contributed by atoms with E-state index in [0.29, 0.717) is 20.8 Å². The number of anilines is 1. The number of nitrogens with zero attached hydrogens (tertiary/aromatic N) is 1. The first-order chi connectivity index (χ1) is 10.5. The van der Waals surface area contributed by atoms with Crippen LogP contribution in [0.4, 0.5) is 5.13 Å². The summed E-state index contributed by atoms with van der Waals surface area (Å²) in [7, 11) is 1.28. The Bertz CT molecular complexity index is 702. The van der Waals surface area contributed by atoms with Crippen molar-refractivity contribution in [3.05, 3.63) is 39.9 Å². The Hall–Kier alpha value is -2.12. The number of aromatic nitrogens is 1. The van der Waals surface area contributed by atoms with Gasteiger partial charge < -0.3 is 9.47 Å². The van der Waals surface area contributed by atoms with Gasteiger partial charge in [0.1, 0.15) is 10.6 Å². The number of esters is 1. The molecule has 0 spiro atoms. The highest BCUT2D eigenvalue weighted by Crippen LogP contribution is 2.21. The van der Waals surface area contributed by atoms with Crippen LogP contribution in [0, 0.1) is 6.92 Å². The van der Waals surface area contributed by atoms with Crippen molar-refractivity contribution in [3.63, 3.8) is 0 Å². The molecule has 0 aliphatic carbocycles. The van der Waals surface area contributed by atoms with Gasteiger partial charge in [0.15, 0.2) is 11.7 Å². The number of nitrogens with one attached hydrogen (secondary N) is 1. The molecule has 6 nitrogen and oxygen atoms in total. The van der Waals surface area contributed by atoms with E-state index >= 15 is 0 Å². The molecule has 0 saturated carbocycles. The number of halogens is 1. The van der Waals surface area contributed by atoms with E-state index < -0.39 is 5.97 Å². The van der Waals surface area contributed by atoms with Gasteiger partial charge in [0.05, 0.1) is 13.3 Å². The molecule has 0 unspecified atom stereocenters. The van der Waals surface area contributed by atoms with Crippen molar-refractivity contribution in [2.24, 2.45) is 0 Å². The zero-order valence-electron chi connectivity index (χ0n) is 11.9. The zero-order chi connectivity index (χ0) is 16.1. The summed E-state index contributed by atoms with van der Waals surface area (Å²) in [6, 6.07) is 5.13. The predicted molar refractivity (Wildman–Crippen MR) is 83.8 cm³/mol. The molecule has 116 valence electrons. The maximum atomic E-state index is 11.8. The monoisotopic (exact) mass is 340 g/mol. The number of ether oxygens (including phenoxy) is 2. The number of carbonyl (C=O) groups excluding carboxylic acids is 2. The predicted octanol–water partition coefficient (Wildman–Crippen LogP) is 2.91. The summed E-state index contributed by atoms with van der Waals surface area (Å²) in [5, 5.41) is 3.49. The number of hydrogen-bond donors (Lipinski definition) is 1. The SMILES string of the molecule is COC(=O)c1cnc(NC(=O)COc2ccc(Cl)c(C)c2)s1. The van der Waals surface area contributed by atoms with Gasteiger partial charge in [-0.15, -0.1) is 0 Å². The fourth-order valence-corrected chi connectivity index (χ4v) is 2.41. The van der Waals surface area contributed by atoms with E-state index in [9.17, 15) is 9.59 Å². The van der Waals surface area contributed by atoms with Crippen LogP contribution >= 0.6 is 22.9 Å². The smallest absolute Gasteiger partial charge is 0.349 e. The van der Waals surface area contributed by atoms with Crippen LogP contribution in [0.5, 0.6) is 5.75 Å². The van der Waals surface area contributed by atoms with E-state index in [1.165, 1.54) is 13.3 Å². The minimum absolute atomic E-state index is 0.172. The highest BCUT2D eigenvalue weighted by molar-refractivity contribution is 7.17. The molecular weight excluding hydrogens is 328 g/mol. The van der Waals surface area contributed by atoms with Crippen LogP contribution in [0.15, 0.2) is 24.4 Å². The second kappa shape index (κ2) is 7.24. The van der Waals surface area contributed by atoms with Gasteiger partial charge in [-0.3, -0.25) is 10.1 Å². The summed E-state index contributed by atoms with van der Waals surface area (Å²) in [4.78, 5) is 27.3. The fraction of sp³-hybridized carbons (Fsp3) is 0.214. The van der Waals surface area contributed by atoms with E-state index in [1.807, 2.05) is 6.92 Å². The Morgan fingerprint density at radius 1 is 1.41 bits per heavy atom. The number of carbonyl (C=O) groups is 2. The molecule has 1 amide bonds. The van der Waals surface area contributed by atoms with E-state index in [-0.39, 0.29) is 12.5 Å². The average Bonchev–Trinajstić information content (AvgIpc) is 2.96. The lowest BCUT2D eigenvalue weighted by Gasteiger charge is -2.07. The quantitative estimate of drug-likeness (QED) is 0.847. The first kappa shape index (κ1) is 16.3. The van der Waals surface area contributed by atoms with Crippen LogP contribution in [0.2, 0.25) is 5.02 Å². The molecule has 0 saturated heterocycles. The summed E-state index contributed by atoms with van der Waals surface area (Å²) in [6.07, 6.45) is 1.34. The molecule has 8 heteroatoms. The molecule has 1 heterocycles. The van der Waals surface area contributed by atoms with Crippen LogP contribution in [-0.2, 0) is 9.53 Å². The lowest BCUT2D eigenvalue weighted by Crippen LogP contribution is -2.20. The number of methoxy groups -OCH3 is 1. The average molecular weight is 341 g/mol. The fourth-order valence-electron chi connectivity index (χ4n) is 1.54. The summed E-state index contributed by atoms with van der Waals surface area (Å²) >= 11 is 6.94. The summed E-state index contributed by atoms with van der Waals surface area (Å²) in [6.45, 7) is 1.67. The lowest BCUT2D eigenvalue weighted by molar-refractivity contribution is -0.118. The molecule has 0 radical (unpaired) electrons. The first-order valence-electron chi connectivity index (χ1n) is 6.22. The first-order valence-corrected chi connectivity index (χ1v) is 7.42. The number of aryl methyl sites for hydroxylation is 1. The van der Waals surface area contributed by atoms with E-state index in [2.05, 4.69) is 15.0 Å². The molecular formula is C14H13ClN2O4S. The number of thiazole rings is 1. The van der Waals surface area contributed by atoms with Gasteiger partial charge in [0.2, 0.25) is 0 Å². The van der Waals surface area contributed by atoms with Gasteiger partial charge in [0.25, 0.3) is 5.91 Å². The van der Waals surface area contributed by atoms with Crippen molar-refractivity contribution in [2.75, 3.05) is 19.0 Å². The Labute approximate surface area is 136 Å². The number of amides is 1. The third-order valence-electron chi connectivity index (χ3n) is 2.64. The Kier molecular flexibility index (Phi) is 5.35. The van der Waals surface area contributed by atoms with Crippen molar-refractivity contribution >= 4 is 39.9 Å². The van der Waals surface area contributed by atoms with Gasteiger partial charge in [-0.05, 0) is 30.7 Å². The van der Waals surface area contributed by atoms with Crippen LogP contribution in [0.3, 0.4) is 0 Å². The van der Waals surface area contributed by atoms with Crippen LogP contribution < -0.4 is 10.1 Å². The minimum Gasteiger partial charge on any atom is -0.484 e. The van der Waals surface area contributed by atoms with Crippen LogP contribution in [0.1, 0.15) is 15.2 Å². The Morgan fingerprint density at radius 2 is 2.18 bits per heavy atom. The molecule has 0 bridgehead atoms. The van der Waals surface area contributed by atoms with E-state index in [0.717, 1.165) is 16.9 Å². The van der Waals surface area contributed by atoms with Gasteiger partial charge in [-0.2, -0.15) is 0 Å². The molecule has 0 atom stereocenters. The summed E-state index contributed by atoms with van der Waals surface area (Å²) < 4.78 is 9.93. The van der Waals surface area contributed by atoms with E-state index in [4.69, 9.17) is 16.3 Å². The number of rotatable bonds is 5. The Balaban J connectivity index is 1.88. The maximum absolute atomic E-state index is 11.8. The van der Waals surface area contributed by atoms with Crippen molar-refractivity contribution in [1.82, 2.24) is 4.98 Å². The van der Waals surface area contributed by atoms with Gasteiger partial charge in [0, 0.05) is 5.02 Å². The van der Waals surface area contributed by atoms with Crippen molar-refractivity contribution in [3.8, 4) is 5.75 Å². The second-order valence-electron chi connectivity index (χ2n) is 4.27. The largest absolute Gasteiger partial charge is 0.484 e. The zero-order valence-corrected chi connectivity index (χ0v) is 13.5. The molecule has 1 N–H and O–H groups in total. The summed E-state index contributed by atoms with van der Waals surface area (Å²) in [5.41, 5.74) is 0.863. The van der Waals surface area contributed by atoms with Crippen molar-refractivity contribution in [2.45, 2.75) is 6.92 Å². The standard InChI is InChI=1S/C14H13ClN2O4S/c1-8-5-9(3-4-10(8)15)21-7-12(18)17-14-16-6-11(22-14)13(19)20-2/h3-6H,7H2,1-2H3,(H,16,17,18). The van der Waals surface area contributed by atoms with Crippen LogP contribution in [0.25, 0.3) is 0 Å². The molecule has 1 aromatic heterocycles. The Morgan fingerprint density at radius 3 is 2.86 bits per heavy atom. The van der Waals surface area contributed by atoms with Crippen LogP contribution in [-0.4, -0.2) is 30.6 Å². The molecule has 0 aliphatic heterocycles. The van der Waals surface area contributed by atoms with Crippen molar-refractivity contribution in [1.29, 1.82) is 0 Å². The van der Waals surface area contributed by atoms with Gasteiger partial charge in [-0.25, -0.2) is 9.78 Å². The second-order valence-corrected chi connectivity index (χ2v) is 5.71. The molecule has 2 aromatic rings. The molecule has 0 aliphatic rings. The highest BCUT2D eigenvalue weighted by Gasteiger charge is 2.12. The minimum atomic E-state index is -0.495. The third kappa shape index (κ3) is 4.19. The molecule has 0 fully saturated rings. The highest BCUT2D eigenvalue weighted by atomic mass is 35.5.